The lowest BCUT2D eigenvalue weighted by Crippen LogP contribution is -2.18. The number of carbonyl (C=O) groups excluding carboxylic acids is 1. The Morgan fingerprint density at radius 3 is 2.67 bits per heavy atom. The number of anilines is 1. The summed E-state index contributed by atoms with van der Waals surface area (Å²) in [6.07, 6.45) is 5.13. The molecule has 0 spiro atoms. The second-order valence-electron chi connectivity index (χ2n) is 5.87. The summed E-state index contributed by atoms with van der Waals surface area (Å²) in [7, 11) is 3.57. The highest BCUT2D eigenvalue weighted by molar-refractivity contribution is 5.89. The van der Waals surface area contributed by atoms with Gasteiger partial charge in [0.1, 0.15) is 23.4 Å². The SMILES string of the molecule is CCOC(=O)c1ccc(NC(c2ccccc2OC)c2nccn2C)nc1. The monoisotopic (exact) mass is 366 g/mol. The maximum Gasteiger partial charge on any atom is 0.339 e. The molecular weight excluding hydrogens is 344 g/mol. The average Bonchev–Trinajstić information content (AvgIpc) is 3.12. The van der Waals surface area contributed by atoms with E-state index in [4.69, 9.17) is 9.47 Å². The highest BCUT2D eigenvalue weighted by Gasteiger charge is 2.22. The van der Waals surface area contributed by atoms with Crippen LogP contribution < -0.4 is 10.1 Å². The molecule has 1 atom stereocenters. The number of aromatic nitrogens is 3. The van der Waals surface area contributed by atoms with Crippen molar-refractivity contribution >= 4 is 11.8 Å². The molecule has 0 radical (unpaired) electrons. The van der Waals surface area contributed by atoms with E-state index in [0.29, 0.717) is 18.0 Å². The Hall–Kier alpha value is -3.35. The van der Waals surface area contributed by atoms with E-state index >= 15 is 0 Å². The molecular formula is C20H22N4O3. The number of aryl methyl sites for hydroxylation is 1. The minimum absolute atomic E-state index is 0.276. The Labute approximate surface area is 158 Å². The Morgan fingerprint density at radius 1 is 1.22 bits per heavy atom. The van der Waals surface area contributed by atoms with Crippen LogP contribution in [0.15, 0.2) is 55.0 Å². The predicted molar refractivity (Wildman–Crippen MR) is 102 cm³/mol. The number of hydrogen-bond donors (Lipinski definition) is 1. The minimum Gasteiger partial charge on any atom is -0.496 e. The third-order valence-electron chi connectivity index (χ3n) is 4.13. The summed E-state index contributed by atoms with van der Waals surface area (Å²) >= 11 is 0. The number of esters is 1. The first-order valence-electron chi connectivity index (χ1n) is 8.64. The third-order valence-corrected chi connectivity index (χ3v) is 4.13. The number of hydrogen-bond acceptors (Lipinski definition) is 6. The number of benzene rings is 1. The molecule has 27 heavy (non-hydrogen) atoms. The smallest absolute Gasteiger partial charge is 0.339 e. The number of imidazole rings is 1. The van der Waals surface area contributed by atoms with Gasteiger partial charge in [-0.2, -0.15) is 0 Å². The number of para-hydroxylation sites is 1. The van der Waals surface area contributed by atoms with Gasteiger partial charge in [0.2, 0.25) is 0 Å². The van der Waals surface area contributed by atoms with Crippen LogP contribution >= 0.6 is 0 Å². The zero-order valence-corrected chi connectivity index (χ0v) is 15.5. The largest absolute Gasteiger partial charge is 0.496 e. The van der Waals surface area contributed by atoms with Crippen LogP contribution in [-0.4, -0.2) is 34.2 Å². The van der Waals surface area contributed by atoms with Crippen LogP contribution in [0.3, 0.4) is 0 Å². The molecule has 1 unspecified atom stereocenters. The number of ether oxygens (including phenoxy) is 2. The Morgan fingerprint density at radius 2 is 2.04 bits per heavy atom. The van der Waals surface area contributed by atoms with Crippen LogP contribution in [0.5, 0.6) is 5.75 Å². The molecule has 7 heteroatoms. The van der Waals surface area contributed by atoms with Crippen LogP contribution in [-0.2, 0) is 11.8 Å². The molecule has 0 aliphatic rings. The van der Waals surface area contributed by atoms with Crippen molar-refractivity contribution in [1.82, 2.24) is 14.5 Å². The Kier molecular flexibility index (Phi) is 5.71. The first-order valence-corrected chi connectivity index (χ1v) is 8.64. The summed E-state index contributed by atoms with van der Waals surface area (Å²) in [5.41, 5.74) is 1.35. The van der Waals surface area contributed by atoms with E-state index in [-0.39, 0.29) is 12.0 Å². The van der Waals surface area contributed by atoms with Crippen molar-refractivity contribution in [1.29, 1.82) is 0 Å². The summed E-state index contributed by atoms with van der Waals surface area (Å²) in [4.78, 5) is 20.6. The molecule has 7 nitrogen and oxygen atoms in total. The van der Waals surface area contributed by atoms with E-state index in [2.05, 4.69) is 15.3 Å². The fourth-order valence-electron chi connectivity index (χ4n) is 2.80. The van der Waals surface area contributed by atoms with Crippen LogP contribution in [0.1, 0.15) is 34.7 Å². The van der Waals surface area contributed by atoms with Gasteiger partial charge in [0.25, 0.3) is 0 Å². The highest BCUT2D eigenvalue weighted by atomic mass is 16.5. The molecule has 0 aliphatic carbocycles. The quantitative estimate of drug-likeness (QED) is 0.647. The topological polar surface area (TPSA) is 78.3 Å². The van der Waals surface area contributed by atoms with E-state index < -0.39 is 0 Å². The molecule has 1 N–H and O–H groups in total. The van der Waals surface area contributed by atoms with Gasteiger partial charge < -0.3 is 19.4 Å². The first-order chi connectivity index (χ1) is 13.1. The number of methoxy groups -OCH3 is 1. The molecule has 2 heterocycles. The lowest BCUT2D eigenvalue weighted by molar-refractivity contribution is 0.0526. The van der Waals surface area contributed by atoms with Crippen molar-refractivity contribution in [3.8, 4) is 5.75 Å². The standard InChI is InChI=1S/C20H22N4O3/c1-4-27-20(25)14-9-10-17(22-13-14)23-18(19-21-11-12-24(19)2)15-7-5-6-8-16(15)26-3/h5-13,18H,4H2,1-3H3,(H,22,23). The van der Waals surface area contributed by atoms with Gasteiger partial charge in [-0.1, -0.05) is 18.2 Å². The van der Waals surface area contributed by atoms with E-state index in [1.807, 2.05) is 42.1 Å². The van der Waals surface area contributed by atoms with Gasteiger partial charge in [0.05, 0.1) is 19.3 Å². The maximum atomic E-state index is 11.8. The first kappa shape index (κ1) is 18.4. The Bertz CT molecular complexity index is 906. The zero-order chi connectivity index (χ0) is 19.2. The van der Waals surface area contributed by atoms with E-state index in [9.17, 15) is 4.79 Å². The zero-order valence-electron chi connectivity index (χ0n) is 15.5. The summed E-state index contributed by atoms with van der Waals surface area (Å²) in [6.45, 7) is 2.10. The lowest BCUT2D eigenvalue weighted by atomic mass is 10.0. The van der Waals surface area contributed by atoms with Crippen molar-refractivity contribution in [2.75, 3.05) is 19.0 Å². The second kappa shape index (κ2) is 8.35. The molecule has 3 aromatic rings. The lowest BCUT2D eigenvalue weighted by Gasteiger charge is -2.21. The van der Waals surface area contributed by atoms with Crippen LogP contribution in [0.25, 0.3) is 0 Å². The summed E-state index contributed by atoms with van der Waals surface area (Å²) in [6, 6.07) is 10.9. The molecule has 0 saturated heterocycles. The van der Waals surface area contributed by atoms with E-state index in [0.717, 1.165) is 17.1 Å². The molecule has 2 aromatic heterocycles. The number of rotatable bonds is 7. The number of pyridine rings is 1. The van der Waals surface area contributed by atoms with E-state index in [1.54, 1.807) is 32.4 Å². The highest BCUT2D eigenvalue weighted by Crippen LogP contribution is 2.31. The average molecular weight is 366 g/mol. The van der Waals surface area contributed by atoms with Crippen molar-refractivity contribution in [3.05, 3.63) is 71.9 Å². The summed E-state index contributed by atoms with van der Waals surface area (Å²) < 4.78 is 12.5. The van der Waals surface area contributed by atoms with Crippen LogP contribution in [0.4, 0.5) is 5.82 Å². The van der Waals surface area contributed by atoms with E-state index in [1.165, 1.54) is 6.20 Å². The van der Waals surface area contributed by atoms with Crippen molar-refractivity contribution < 1.29 is 14.3 Å². The molecule has 0 saturated carbocycles. The van der Waals surface area contributed by atoms with Crippen molar-refractivity contribution in [2.45, 2.75) is 13.0 Å². The Balaban J connectivity index is 1.93. The fraction of sp³-hybridized carbons (Fsp3) is 0.250. The molecule has 3 rings (SSSR count). The molecule has 0 amide bonds. The molecule has 0 aliphatic heterocycles. The van der Waals surface area contributed by atoms with Crippen molar-refractivity contribution in [3.63, 3.8) is 0 Å². The van der Waals surface area contributed by atoms with Gasteiger partial charge in [0.15, 0.2) is 0 Å². The fourth-order valence-corrected chi connectivity index (χ4v) is 2.80. The number of carbonyl (C=O) groups is 1. The molecule has 0 bridgehead atoms. The molecule has 140 valence electrons. The van der Waals surface area contributed by atoms with Crippen molar-refractivity contribution in [2.24, 2.45) is 7.05 Å². The maximum absolute atomic E-state index is 11.8. The van der Waals surface area contributed by atoms with Gasteiger partial charge in [0, 0.05) is 31.2 Å². The second-order valence-corrected chi connectivity index (χ2v) is 5.87. The molecule has 0 fully saturated rings. The van der Waals surface area contributed by atoms with Crippen LogP contribution in [0, 0.1) is 0 Å². The van der Waals surface area contributed by atoms with Gasteiger partial charge in [-0.15, -0.1) is 0 Å². The predicted octanol–water partition coefficient (Wildman–Crippen LogP) is 3.20. The molecule has 1 aromatic carbocycles. The minimum atomic E-state index is -0.387. The third kappa shape index (κ3) is 4.08. The normalized spacial score (nSPS) is 11.7. The number of nitrogens with zero attached hydrogens (tertiary/aromatic N) is 3. The summed E-state index contributed by atoms with van der Waals surface area (Å²) in [5, 5.41) is 3.38. The van der Waals surface area contributed by atoms with Gasteiger partial charge in [-0.05, 0) is 25.1 Å². The van der Waals surface area contributed by atoms with Gasteiger partial charge in [-0.3, -0.25) is 0 Å². The van der Waals surface area contributed by atoms with Crippen LogP contribution in [0.2, 0.25) is 0 Å². The van der Waals surface area contributed by atoms with Gasteiger partial charge >= 0.3 is 5.97 Å². The summed E-state index contributed by atoms with van der Waals surface area (Å²) in [5.74, 6) is 1.79. The van der Waals surface area contributed by atoms with Gasteiger partial charge in [-0.25, -0.2) is 14.8 Å². The number of nitrogens with one attached hydrogen (secondary N) is 1.